The van der Waals surface area contributed by atoms with Crippen molar-refractivity contribution in [2.24, 2.45) is 0 Å². The minimum Gasteiger partial charge on any atom is -0.494 e. The number of carbonyl (C=O) groups excluding carboxylic acids is 1. The molecule has 2 aromatic carbocycles. The Kier molecular flexibility index (Phi) is 8.49. The Bertz CT molecular complexity index is 944. The van der Waals surface area contributed by atoms with Crippen LogP contribution < -0.4 is 24.2 Å². The summed E-state index contributed by atoms with van der Waals surface area (Å²) in [6.45, 7) is 4.18. The lowest BCUT2D eigenvalue weighted by Gasteiger charge is -2.15. The van der Waals surface area contributed by atoms with Gasteiger partial charge in [0.25, 0.3) is 0 Å². The quantitative estimate of drug-likeness (QED) is 0.559. The third kappa shape index (κ3) is 6.36. The second-order valence-electron chi connectivity index (χ2n) is 6.48. The molecule has 1 amide bonds. The number of nitrogens with one attached hydrogen (secondary N) is 2. The Morgan fingerprint density at radius 2 is 1.70 bits per heavy atom. The molecule has 0 unspecified atom stereocenters. The fourth-order valence-corrected chi connectivity index (χ4v) is 3.96. The van der Waals surface area contributed by atoms with Crippen LogP contribution in [0.15, 0.2) is 47.4 Å². The fraction of sp³-hybridized carbons (Fsp3) is 0.381. The zero-order valence-corrected chi connectivity index (χ0v) is 18.4. The van der Waals surface area contributed by atoms with E-state index in [2.05, 4.69) is 10.0 Å². The average molecular weight is 437 g/mol. The smallest absolute Gasteiger partial charge is 0.241 e. The topological polar surface area (TPSA) is 103 Å². The van der Waals surface area contributed by atoms with Crippen molar-refractivity contribution in [3.05, 3.63) is 48.0 Å². The van der Waals surface area contributed by atoms with Gasteiger partial charge in [-0.1, -0.05) is 6.07 Å². The van der Waals surface area contributed by atoms with Crippen molar-refractivity contribution in [3.8, 4) is 17.2 Å². The molecule has 2 rings (SSSR count). The highest BCUT2D eigenvalue weighted by Gasteiger charge is 2.22. The molecule has 0 aliphatic carbocycles. The van der Waals surface area contributed by atoms with Crippen molar-refractivity contribution in [2.75, 3.05) is 27.4 Å². The molecule has 0 radical (unpaired) electrons. The zero-order valence-electron chi connectivity index (χ0n) is 17.6. The van der Waals surface area contributed by atoms with Crippen LogP contribution in [0.1, 0.15) is 19.4 Å². The monoisotopic (exact) mass is 436 g/mol. The first-order chi connectivity index (χ1) is 14.3. The van der Waals surface area contributed by atoms with Crippen molar-refractivity contribution in [1.29, 1.82) is 0 Å². The molecule has 30 heavy (non-hydrogen) atoms. The summed E-state index contributed by atoms with van der Waals surface area (Å²) in [6, 6.07) is 10.6. The van der Waals surface area contributed by atoms with Crippen molar-refractivity contribution >= 4 is 15.9 Å². The maximum absolute atomic E-state index is 12.5. The molecule has 0 saturated heterocycles. The Hall–Kier alpha value is -2.78. The van der Waals surface area contributed by atoms with Crippen molar-refractivity contribution in [2.45, 2.75) is 31.2 Å². The number of sulfonamides is 1. The first-order valence-electron chi connectivity index (χ1n) is 9.54. The maximum Gasteiger partial charge on any atom is 0.241 e. The molecule has 0 aliphatic heterocycles. The molecule has 0 saturated carbocycles. The SMILES string of the molecule is CCOc1ccc(S(=O)(=O)N[C@H](C)C(=O)NCCc2ccc(OC)c(OC)c2)cc1. The third-order valence-corrected chi connectivity index (χ3v) is 5.89. The molecule has 0 spiro atoms. The molecule has 164 valence electrons. The number of rotatable bonds is 11. The normalized spacial score (nSPS) is 12.1. The minimum atomic E-state index is -3.83. The number of methoxy groups -OCH3 is 2. The Labute approximate surface area is 177 Å². The number of hydrogen-bond acceptors (Lipinski definition) is 6. The molecule has 0 heterocycles. The first-order valence-corrected chi connectivity index (χ1v) is 11.0. The van der Waals surface area contributed by atoms with E-state index in [4.69, 9.17) is 14.2 Å². The molecule has 0 aliphatic rings. The van der Waals surface area contributed by atoms with Crippen LogP contribution in [0.2, 0.25) is 0 Å². The highest BCUT2D eigenvalue weighted by atomic mass is 32.2. The minimum absolute atomic E-state index is 0.0657. The van der Waals surface area contributed by atoms with Gasteiger partial charge in [0.05, 0.1) is 31.8 Å². The van der Waals surface area contributed by atoms with Gasteiger partial charge in [-0.25, -0.2) is 8.42 Å². The van der Waals surface area contributed by atoms with Crippen LogP contribution in [0.4, 0.5) is 0 Å². The molecule has 8 nitrogen and oxygen atoms in total. The summed E-state index contributed by atoms with van der Waals surface area (Å²) in [6.07, 6.45) is 0.560. The van der Waals surface area contributed by atoms with Crippen LogP contribution in [0, 0.1) is 0 Å². The van der Waals surface area contributed by atoms with E-state index in [-0.39, 0.29) is 4.90 Å². The highest BCUT2D eigenvalue weighted by Crippen LogP contribution is 2.27. The number of benzene rings is 2. The van der Waals surface area contributed by atoms with Gasteiger partial charge < -0.3 is 19.5 Å². The summed E-state index contributed by atoms with van der Waals surface area (Å²) in [5.74, 6) is 1.41. The Morgan fingerprint density at radius 3 is 2.30 bits per heavy atom. The van der Waals surface area contributed by atoms with Crippen molar-refractivity contribution in [3.63, 3.8) is 0 Å². The molecule has 0 bridgehead atoms. The molecule has 0 fully saturated rings. The van der Waals surface area contributed by atoms with Gasteiger partial charge in [0.2, 0.25) is 15.9 Å². The van der Waals surface area contributed by atoms with Crippen LogP contribution in [-0.2, 0) is 21.2 Å². The van der Waals surface area contributed by atoms with Crippen LogP contribution in [0.3, 0.4) is 0 Å². The number of carbonyl (C=O) groups is 1. The van der Waals surface area contributed by atoms with E-state index in [1.54, 1.807) is 32.4 Å². The molecular weight excluding hydrogens is 408 g/mol. The van der Waals surface area contributed by atoms with E-state index in [0.29, 0.717) is 36.8 Å². The van der Waals surface area contributed by atoms with Gasteiger partial charge in [0, 0.05) is 6.54 Å². The van der Waals surface area contributed by atoms with E-state index in [1.165, 1.54) is 19.1 Å². The molecular formula is C21H28N2O6S. The van der Waals surface area contributed by atoms with Gasteiger partial charge in [-0.05, 0) is 62.2 Å². The van der Waals surface area contributed by atoms with Gasteiger partial charge in [0.15, 0.2) is 11.5 Å². The lowest BCUT2D eigenvalue weighted by molar-refractivity contribution is -0.122. The number of amides is 1. The second kappa shape index (κ2) is 10.8. The second-order valence-corrected chi connectivity index (χ2v) is 8.19. The van der Waals surface area contributed by atoms with Gasteiger partial charge in [0.1, 0.15) is 5.75 Å². The number of ether oxygens (including phenoxy) is 3. The molecule has 2 aromatic rings. The third-order valence-electron chi connectivity index (χ3n) is 4.33. The summed E-state index contributed by atoms with van der Waals surface area (Å²) in [5, 5.41) is 2.74. The summed E-state index contributed by atoms with van der Waals surface area (Å²) in [7, 11) is -0.707. The predicted molar refractivity (Wildman–Crippen MR) is 114 cm³/mol. The average Bonchev–Trinajstić information content (AvgIpc) is 2.73. The van der Waals surface area contributed by atoms with Gasteiger partial charge >= 0.3 is 0 Å². The highest BCUT2D eigenvalue weighted by molar-refractivity contribution is 7.89. The lowest BCUT2D eigenvalue weighted by Crippen LogP contribution is -2.45. The number of hydrogen-bond donors (Lipinski definition) is 2. The van der Waals surface area contributed by atoms with Gasteiger partial charge in [-0.3, -0.25) is 4.79 Å². The standard InChI is InChI=1S/C21H28N2O6S/c1-5-29-17-7-9-18(10-8-17)30(25,26)23-15(2)21(24)22-13-12-16-6-11-19(27-3)20(14-16)28-4/h6-11,14-15,23H,5,12-13H2,1-4H3,(H,22,24)/t15-/m1/s1. The van der Waals surface area contributed by atoms with Crippen molar-refractivity contribution < 1.29 is 27.4 Å². The molecule has 9 heteroatoms. The van der Waals surface area contributed by atoms with Crippen LogP contribution in [0.5, 0.6) is 17.2 Å². The Morgan fingerprint density at radius 1 is 1.03 bits per heavy atom. The van der Waals surface area contributed by atoms with E-state index < -0.39 is 22.0 Å². The zero-order chi connectivity index (χ0) is 22.1. The van der Waals surface area contributed by atoms with Crippen LogP contribution >= 0.6 is 0 Å². The summed E-state index contributed by atoms with van der Waals surface area (Å²) in [5.41, 5.74) is 0.954. The van der Waals surface area contributed by atoms with Crippen LogP contribution in [0.25, 0.3) is 0 Å². The Balaban J connectivity index is 1.89. The maximum atomic E-state index is 12.5. The molecule has 1 atom stereocenters. The van der Waals surface area contributed by atoms with Crippen LogP contribution in [-0.4, -0.2) is 47.7 Å². The fourth-order valence-electron chi connectivity index (χ4n) is 2.76. The molecule has 0 aromatic heterocycles. The van der Waals surface area contributed by atoms with E-state index in [1.807, 2.05) is 19.1 Å². The van der Waals surface area contributed by atoms with Gasteiger partial charge in [-0.15, -0.1) is 0 Å². The first kappa shape index (κ1) is 23.5. The largest absolute Gasteiger partial charge is 0.494 e. The summed E-state index contributed by atoms with van der Waals surface area (Å²) >= 11 is 0. The van der Waals surface area contributed by atoms with E-state index in [9.17, 15) is 13.2 Å². The lowest BCUT2D eigenvalue weighted by atomic mass is 10.1. The summed E-state index contributed by atoms with van der Waals surface area (Å²) in [4.78, 5) is 12.4. The van der Waals surface area contributed by atoms with Gasteiger partial charge in [-0.2, -0.15) is 4.72 Å². The predicted octanol–water partition coefficient (Wildman–Crippen LogP) is 2.13. The van der Waals surface area contributed by atoms with E-state index in [0.717, 1.165) is 5.56 Å². The van der Waals surface area contributed by atoms with Crippen molar-refractivity contribution in [1.82, 2.24) is 10.0 Å². The van der Waals surface area contributed by atoms with E-state index >= 15 is 0 Å². The molecule has 2 N–H and O–H groups in total. The summed E-state index contributed by atoms with van der Waals surface area (Å²) < 4.78 is 43.1.